The summed E-state index contributed by atoms with van der Waals surface area (Å²) in [5.74, 6) is 0. The molecule has 1 rings (SSSR count). The van der Waals surface area contributed by atoms with E-state index in [4.69, 9.17) is 19.9 Å². The molecule has 0 unspecified atom stereocenters. The molecule has 78 valence electrons. The van der Waals surface area contributed by atoms with E-state index in [9.17, 15) is 5.11 Å². The maximum absolute atomic E-state index is 9.31. The van der Waals surface area contributed by atoms with Crippen LogP contribution in [0.2, 0.25) is 0 Å². The Hall–Kier alpha value is -0.200. The summed E-state index contributed by atoms with van der Waals surface area (Å²) in [6, 6.07) is 0. The molecule has 1 aliphatic rings. The molecule has 4 atom stereocenters. The fourth-order valence-corrected chi connectivity index (χ4v) is 1.63. The lowest BCUT2D eigenvalue weighted by Gasteiger charge is -2.38. The summed E-state index contributed by atoms with van der Waals surface area (Å²) in [5.41, 5.74) is 5.48. The van der Waals surface area contributed by atoms with Gasteiger partial charge in [0, 0.05) is 27.2 Å². The Bertz CT molecular complexity index is 141. The summed E-state index contributed by atoms with van der Waals surface area (Å²) in [7, 11) is 3.17. The highest BCUT2D eigenvalue weighted by atomic mass is 16.6. The van der Waals surface area contributed by atoms with Gasteiger partial charge in [-0.1, -0.05) is 0 Å². The van der Waals surface area contributed by atoms with Crippen molar-refractivity contribution in [3.05, 3.63) is 0 Å². The quantitative estimate of drug-likeness (QED) is 0.603. The molecule has 0 aromatic carbocycles. The van der Waals surface area contributed by atoms with Crippen LogP contribution in [0.25, 0.3) is 0 Å². The average molecular weight is 191 g/mol. The van der Waals surface area contributed by atoms with Crippen LogP contribution in [-0.2, 0) is 14.2 Å². The molecule has 1 heterocycles. The Morgan fingerprint density at radius 1 is 1.46 bits per heavy atom. The number of aliphatic hydroxyl groups excluding tert-OH is 1. The molecule has 5 nitrogen and oxygen atoms in total. The Morgan fingerprint density at radius 2 is 2.15 bits per heavy atom. The van der Waals surface area contributed by atoms with Crippen LogP contribution in [-0.4, -0.2) is 50.5 Å². The molecule has 0 saturated carbocycles. The van der Waals surface area contributed by atoms with E-state index in [0.717, 1.165) is 0 Å². The first-order valence-electron chi connectivity index (χ1n) is 4.32. The van der Waals surface area contributed by atoms with Gasteiger partial charge in [0.2, 0.25) is 0 Å². The van der Waals surface area contributed by atoms with Crippen molar-refractivity contribution < 1.29 is 19.3 Å². The Morgan fingerprint density at radius 3 is 2.62 bits per heavy atom. The second-order valence-electron chi connectivity index (χ2n) is 3.08. The van der Waals surface area contributed by atoms with E-state index in [1.54, 1.807) is 14.2 Å². The summed E-state index contributed by atoms with van der Waals surface area (Å²) in [4.78, 5) is 0. The first-order chi connectivity index (χ1) is 6.22. The minimum atomic E-state index is -0.801. The van der Waals surface area contributed by atoms with Gasteiger partial charge in [-0.2, -0.15) is 0 Å². The van der Waals surface area contributed by atoms with Gasteiger partial charge in [0.15, 0.2) is 6.29 Å². The number of nitrogens with two attached hydrogens (primary N) is 1. The number of methoxy groups -OCH3 is 2. The van der Waals surface area contributed by atoms with Gasteiger partial charge in [-0.15, -0.1) is 0 Å². The first kappa shape index (κ1) is 10.9. The number of hydrogen-bond acceptors (Lipinski definition) is 5. The molecule has 0 amide bonds. The molecule has 13 heavy (non-hydrogen) atoms. The highest BCUT2D eigenvalue weighted by Crippen LogP contribution is 2.22. The summed E-state index contributed by atoms with van der Waals surface area (Å²) < 4.78 is 15.6. The third-order valence-corrected chi connectivity index (χ3v) is 2.31. The van der Waals surface area contributed by atoms with Crippen molar-refractivity contribution in [3.8, 4) is 0 Å². The standard InChI is InChI=1S/C8H17NO4/c1-11-5-3-7(10)13-6(4-9)8(5)12-2/h5-8,10H,3-4,9H2,1-2H3/t5-,6-,7+,8+/m1/s1. The lowest BCUT2D eigenvalue weighted by molar-refractivity contribution is -0.239. The van der Waals surface area contributed by atoms with Crippen molar-refractivity contribution in [1.82, 2.24) is 0 Å². The van der Waals surface area contributed by atoms with E-state index in [1.807, 2.05) is 0 Å². The SMILES string of the molecule is CO[C@H]1[C@H](OC)C[C@@H](O)O[C@@H]1CN. The molecular formula is C8H17NO4. The zero-order valence-electron chi connectivity index (χ0n) is 7.97. The van der Waals surface area contributed by atoms with Gasteiger partial charge in [-0.25, -0.2) is 0 Å². The Balaban J connectivity index is 2.61. The lowest BCUT2D eigenvalue weighted by atomic mass is 10.0. The van der Waals surface area contributed by atoms with Gasteiger partial charge < -0.3 is 25.1 Å². The van der Waals surface area contributed by atoms with E-state index in [1.165, 1.54) is 0 Å². The highest BCUT2D eigenvalue weighted by molar-refractivity contribution is 4.85. The second kappa shape index (κ2) is 4.88. The normalized spacial score (nSPS) is 40.6. The largest absolute Gasteiger partial charge is 0.378 e. The van der Waals surface area contributed by atoms with Crippen molar-refractivity contribution in [1.29, 1.82) is 0 Å². The van der Waals surface area contributed by atoms with Crippen LogP contribution in [0.15, 0.2) is 0 Å². The summed E-state index contributed by atoms with van der Waals surface area (Å²) in [6.45, 7) is 0.315. The molecule has 0 aromatic heterocycles. The third kappa shape index (κ3) is 2.38. The van der Waals surface area contributed by atoms with Gasteiger partial charge in [-0.05, 0) is 0 Å². The number of hydrogen-bond donors (Lipinski definition) is 2. The molecule has 3 N–H and O–H groups in total. The fourth-order valence-electron chi connectivity index (χ4n) is 1.63. The van der Waals surface area contributed by atoms with Crippen molar-refractivity contribution >= 4 is 0 Å². The predicted molar refractivity (Wildman–Crippen MR) is 46.1 cm³/mol. The van der Waals surface area contributed by atoms with E-state index in [-0.39, 0.29) is 18.3 Å². The fraction of sp³-hybridized carbons (Fsp3) is 1.00. The molecule has 1 aliphatic heterocycles. The maximum atomic E-state index is 9.31. The van der Waals surface area contributed by atoms with Crippen molar-refractivity contribution in [2.45, 2.75) is 31.0 Å². The Kier molecular flexibility index (Phi) is 4.08. The van der Waals surface area contributed by atoms with Crippen molar-refractivity contribution in [2.24, 2.45) is 5.73 Å². The average Bonchev–Trinajstić information content (AvgIpc) is 2.16. The molecule has 0 aliphatic carbocycles. The van der Waals surface area contributed by atoms with Crippen LogP contribution in [0, 0.1) is 0 Å². The maximum Gasteiger partial charge on any atom is 0.157 e. The summed E-state index contributed by atoms with van der Waals surface area (Å²) in [6.07, 6.45) is -1.02. The van der Waals surface area contributed by atoms with E-state index >= 15 is 0 Å². The molecule has 1 saturated heterocycles. The van der Waals surface area contributed by atoms with Gasteiger partial charge in [0.25, 0.3) is 0 Å². The predicted octanol–water partition coefficient (Wildman–Crippen LogP) is -0.918. The zero-order valence-corrected chi connectivity index (χ0v) is 7.97. The smallest absolute Gasteiger partial charge is 0.157 e. The molecule has 0 aromatic rings. The molecule has 0 bridgehead atoms. The topological polar surface area (TPSA) is 73.9 Å². The lowest BCUT2D eigenvalue weighted by Crippen LogP contribution is -2.52. The highest BCUT2D eigenvalue weighted by Gasteiger charge is 2.37. The van der Waals surface area contributed by atoms with Crippen molar-refractivity contribution in [2.75, 3.05) is 20.8 Å². The van der Waals surface area contributed by atoms with E-state index in [0.29, 0.717) is 13.0 Å². The minimum absolute atomic E-state index is 0.151. The zero-order chi connectivity index (χ0) is 9.84. The molecular weight excluding hydrogens is 174 g/mol. The molecule has 0 radical (unpaired) electrons. The van der Waals surface area contributed by atoms with Gasteiger partial charge in [-0.3, -0.25) is 0 Å². The number of rotatable bonds is 3. The summed E-state index contributed by atoms with van der Waals surface area (Å²) in [5, 5.41) is 9.31. The molecule has 1 fully saturated rings. The van der Waals surface area contributed by atoms with Crippen LogP contribution < -0.4 is 5.73 Å². The van der Waals surface area contributed by atoms with Gasteiger partial charge >= 0.3 is 0 Å². The first-order valence-corrected chi connectivity index (χ1v) is 4.32. The van der Waals surface area contributed by atoms with E-state index < -0.39 is 6.29 Å². The van der Waals surface area contributed by atoms with Crippen LogP contribution >= 0.6 is 0 Å². The molecule has 0 spiro atoms. The Labute approximate surface area is 77.8 Å². The van der Waals surface area contributed by atoms with Gasteiger partial charge in [0.05, 0.1) is 6.10 Å². The van der Waals surface area contributed by atoms with Crippen molar-refractivity contribution in [3.63, 3.8) is 0 Å². The number of aliphatic hydroxyl groups is 1. The van der Waals surface area contributed by atoms with Gasteiger partial charge in [0.1, 0.15) is 12.2 Å². The minimum Gasteiger partial charge on any atom is -0.378 e. The summed E-state index contributed by atoms with van der Waals surface area (Å²) >= 11 is 0. The van der Waals surface area contributed by atoms with Crippen LogP contribution in [0.5, 0.6) is 0 Å². The second-order valence-corrected chi connectivity index (χ2v) is 3.08. The number of ether oxygens (including phenoxy) is 3. The monoisotopic (exact) mass is 191 g/mol. The molecule has 5 heteroatoms. The van der Waals surface area contributed by atoms with E-state index in [2.05, 4.69) is 0 Å². The van der Waals surface area contributed by atoms with Crippen LogP contribution in [0.4, 0.5) is 0 Å². The third-order valence-electron chi connectivity index (χ3n) is 2.31. The van der Waals surface area contributed by atoms with Crippen LogP contribution in [0.1, 0.15) is 6.42 Å². The van der Waals surface area contributed by atoms with Crippen LogP contribution in [0.3, 0.4) is 0 Å².